The minimum Gasteiger partial charge on any atom is -0.369 e. The predicted octanol–water partition coefficient (Wildman–Crippen LogP) is 2.44. The minimum atomic E-state index is 0.180. The second kappa shape index (κ2) is 3.76. The lowest BCUT2D eigenvalue weighted by molar-refractivity contribution is 0.472. The van der Waals surface area contributed by atoms with Crippen LogP contribution in [-0.4, -0.2) is 18.0 Å². The van der Waals surface area contributed by atoms with Gasteiger partial charge in [-0.1, -0.05) is 30.5 Å². The first-order valence-electron chi connectivity index (χ1n) is 6.38. The maximum atomic E-state index is 6.08. The Morgan fingerprint density at radius 3 is 2.47 bits per heavy atom. The molecule has 3 rings (SSSR count). The molecule has 0 aromatic heterocycles. The maximum absolute atomic E-state index is 6.08. The summed E-state index contributed by atoms with van der Waals surface area (Å²) in [6.07, 6.45) is 5.02. The highest BCUT2D eigenvalue weighted by Gasteiger charge is 2.44. The number of aryl methyl sites for hydroxylation is 1. The average Bonchev–Trinajstić information content (AvgIpc) is 2.91. The van der Waals surface area contributed by atoms with Gasteiger partial charge in [0.15, 0.2) is 5.96 Å². The van der Waals surface area contributed by atoms with E-state index >= 15 is 0 Å². The molecule has 1 spiro atoms. The van der Waals surface area contributed by atoms with Crippen molar-refractivity contribution in [3.8, 4) is 0 Å². The van der Waals surface area contributed by atoms with Crippen molar-refractivity contribution in [1.82, 2.24) is 0 Å². The number of hydrogen-bond donors (Lipinski definition) is 1. The fourth-order valence-corrected chi connectivity index (χ4v) is 3.13. The molecule has 17 heavy (non-hydrogen) atoms. The number of hydrogen-bond acceptors (Lipinski definition) is 3. The summed E-state index contributed by atoms with van der Waals surface area (Å²) >= 11 is 0. The first kappa shape index (κ1) is 10.6. The highest BCUT2D eigenvalue weighted by atomic mass is 15.4. The van der Waals surface area contributed by atoms with E-state index in [0.717, 1.165) is 6.54 Å². The molecule has 90 valence electrons. The second-order valence-electron chi connectivity index (χ2n) is 5.28. The molecular formula is C14H19N3. The zero-order chi connectivity index (χ0) is 11.9. The van der Waals surface area contributed by atoms with Crippen LogP contribution in [0.4, 0.5) is 5.69 Å². The quantitative estimate of drug-likeness (QED) is 0.803. The van der Waals surface area contributed by atoms with Gasteiger partial charge in [0.25, 0.3) is 0 Å². The van der Waals surface area contributed by atoms with Gasteiger partial charge in [-0.15, -0.1) is 0 Å². The zero-order valence-corrected chi connectivity index (χ0v) is 10.3. The monoisotopic (exact) mass is 229 g/mol. The molecule has 1 aliphatic heterocycles. The molecule has 2 aliphatic rings. The van der Waals surface area contributed by atoms with Gasteiger partial charge in [-0.3, -0.25) is 4.99 Å². The van der Waals surface area contributed by atoms with Gasteiger partial charge in [0, 0.05) is 5.69 Å². The van der Waals surface area contributed by atoms with E-state index in [1.807, 2.05) is 0 Å². The Balaban J connectivity index is 1.98. The van der Waals surface area contributed by atoms with Crippen molar-refractivity contribution in [1.29, 1.82) is 0 Å². The third-order valence-corrected chi connectivity index (χ3v) is 4.07. The summed E-state index contributed by atoms with van der Waals surface area (Å²) < 4.78 is 0. The Morgan fingerprint density at radius 2 is 1.82 bits per heavy atom. The number of guanidine groups is 1. The third kappa shape index (κ3) is 1.61. The molecule has 0 saturated heterocycles. The lowest BCUT2D eigenvalue weighted by Crippen LogP contribution is -2.50. The van der Waals surface area contributed by atoms with E-state index in [1.54, 1.807) is 0 Å². The minimum absolute atomic E-state index is 0.180. The Hall–Kier alpha value is -1.51. The van der Waals surface area contributed by atoms with E-state index < -0.39 is 0 Å². The fraction of sp³-hybridized carbons (Fsp3) is 0.500. The standard InChI is InChI=1S/C14H19N3/c1-11-4-6-12(7-5-11)17-13(15)16-10-14(17)8-2-3-9-14/h4-7H,2-3,8-10H2,1H3,(H2,15,16). The Labute approximate surface area is 102 Å². The Morgan fingerprint density at radius 1 is 1.18 bits per heavy atom. The molecule has 0 bridgehead atoms. The van der Waals surface area contributed by atoms with Crippen LogP contribution in [0.3, 0.4) is 0 Å². The fourth-order valence-electron chi connectivity index (χ4n) is 3.13. The molecular weight excluding hydrogens is 210 g/mol. The molecule has 3 nitrogen and oxygen atoms in total. The SMILES string of the molecule is Cc1ccc(N2C(N)=NCC23CCCC3)cc1. The first-order valence-corrected chi connectivity index (χ1v) is 6.38. The van der Waals surface area contributed by atoms with Gasteiger partial charge in [0.2, 0.25) is 0 Å². The molecule has 1 aliphatic carbocycles. The van der Waals surface area contributed by atoms with Crippen molar-refractivity contribution in [3.05, 3.63) is 29.8 Å². The van der Waals surface area contributed by atoms with Gasteiger partial charge in [0.1, 0.15) is 0 Å². The summed E-state index contributed by atoms with van der Waals surface area (Å²) in [4.78, 5) is 6.74. The van der Waals surface area contributed by atoms with Crippen LogP contribution in [0, 0.1) is 6.92 Å². The summed E-state index contributed by atoms with van der Waals surface area (Å²) in [6, 6.07) is 8.60. The molecule has 2 N–H and O–H groups in total. The molecule has 0 unspecified atom stereocenters. The van der Waals surface area contributed by atoms with Crippen LogP contribution >= 0.6 is 0 Å². The Kier molecular flexibility index (Phi) is 2.35. The summed E-state index contributed by atoms with van der Waals surface area (Å²) in [7, 11) is 0. The van der Waals surface area contributed by atoms with Gasteiger partial charge >= 0.3 is 0 Å². The van der Waals surface area contributed by atoms with E-state index in [0.29, 0.717) is 5.96 Å². The van der Waals surface area contributed by atoms with Crippen LogP contribution < -0.4 is 10.6 Å². The number of nitrogens with zero attached hydrogens (tertiary/aromatic N) is 2. The molecule has 0 radical (unpaired) electrons. The first-order chi connectivity index (χ1) is 8.21. The summed E-state index contributed by atoms with van der Waals surface area (Å²) in [5.41, 5.74) is 8.73. The summed E-state index contributed by atoms with van der Waals surface area (Å²) in [5, 5.41) is 0. The van der Waals surface area contributed by atoms with Crippen molar-refractivity contribution in [2.24, 2.45) is 10.7 Å². The number of aliphatic imine (C=N–C) groups is 1. The topological polar surface area (TPSA) is 41.6 Å². The van der Waals surface area contributed by atoms with Crippen molar-refractivity contribution in [2.75, 3.05) is 11.4 Å². The molecule has 1 fully saturated rings. The van der Waals surface area contributed by atoms with Crippen molar-refractivity contribution in [2.45, 2.75) is 38.1 Å². The van der Waals surface area contributed by atoms with Crippen LogP contribution in [-0.2, 0) is 0 Å². The lowest BCUT2D eigenvalue weighted by Gasteiger charge is -2.36. The predicted molar refractivity (Wildman–Crippen MR) is 71.3 cm³/mol. The third-order valence-electron chi connectivity index (χ3n) is 4.07. The van der Waals surface area contributed by atoms with Crippen LogP contribution in [0.1, 0.15) is 31.2 Å². The number of benzene rings is 1. The number of rotatable bonds is 1. The van der Waals surface area contributed by atoms with Crippen LogP contribution in [0.2, 0.25) is 0 Å². The van der Waals surface area contributed by atoms with E-state index in [-0.39, 0.29) is 5.54 Å². The maximum Gasteiger partial charge on any atom is 0.196 e. The van der Waals surface area contributed by atoms with Gasteiger partial charge in [-0.25, -0.2) is 0 Å². The average molecular weight is 229 g/mol. The van der Waals surface area contributed by atoms with E-state index in [1.165, 1.54) is 36.9 Å². The highest BCUT2D eigenvalue weighted by Crippen LogP contribution is 2.41. The second-order valence-corrected chi connectivity index (χ2v) is 5.28. The van der Waals surface area contributed by atoms with Crippen LogP contribution in [0.15, 0.2) is 29.3 Å². The van der Waals surface area contributed by atoms with Gasteiger partial charge in [-0.05, 0) is 31.9 Å². The van der Waals surface area contributed by atoms with Gasteiger partial charge < -0.3 is 10.6 Å². The zero-order valence-electron chi connectivity index (χ0n) is 10.3. The molecule has 1 aromatic carbocycles. The molecule has 3 heteroatoms. The molecule has 1 heterocycles. The molecule has 0 atom stereocenters. The number of anilines is 1. The molecule has 0 amide bonds. The molecule has 1 aromatic rings. The number of nitrogens with two attached hydrogens (primary N) is 1. The summed E-state index contributed by atoms with van der Waals surface area (Å²) in [6.45, 7) is 2.98. The van der Waals surface area contributed by atoms with Crippen LogP contribution in [0.25, 0.3) is 0 Å². The Bertz CT molecular complexity index is 441. The van der Waals surface area contributed by atoms with Crippen molar-refractivity contribution in [3.63, 3.8) is 0 Å². The smallest absolute Gasteiger partial charge is 0.196 e. The van der Waals surface area contributed by atoms with Crippen molar-refractivity contribution < 1.29 is 0 Å². The van der Waals surface area contributed by atoms with Gasteiger partial charge in [0.05, 0.1) is 12.1 Å². The van der Waals surface area contributed by atoms with Gasteiger partial charge in [-0.2, -0.15) is 0 Å². The highest BCUT2D eigenvalue weighted by molar-refractivity contribution is 5.98. The largest absolute Gasteiger partial charge is 0.369 e. The van der Waals surface area contributed by atoms with E-state index in [9.17, 15) is 0 Å². The molecule has 1 saturated carbocycles. The van der Waals surface area contributed by atoms with E-state index in [2.05, 4.69) is 41.1 Å². The lowest BCUT2D eigenvalue weighted by atomic mass is 9.96. The summed E-state index contributed by atoms with van der Waals surface area (Å²) in [5.74, 6) is 0.691. The van der Waals surface area contributed by atoms with Crippen LogP contribution in [0.5, 0.6) is 0 Å². The van der Waals surface area contributed by atoms with Crippen molar-refractivity contribution >= 4 is 11.6 Å². The normalized spacial score (nSPS) is 22.2. The van der Waals surface area contributed by atoms with E-state index in [4.69, 9.17) is 5.73 Å².